The number of anilines is 2. The molecule has 0 atom stereocenters. The molecule has 6 nitrogen and oxygen atoms in total. The molecule has 6 heteroatoms. The fourth-order valence-corrected chi connectivity index (χ4v) is 1.72. The third kappa shape index (κ3) is 2.96. The number of aryl methyl sites for hydroxylation is 1. The third-order valence-corrected chi connectivity index (χ3v) is 2.93. The molecule has 0 radical (unpaired) electrons. The lowest BCUT2D eigenvalue weighted by molar-refractivity contribution is 0.101. The van der Waals surface area contributed by atoms with E-state index >= 15 is 0 Å². The van der Waals surface area contributed by atoms with Crippen LogP contribution >= 0.6 is 0 Å². The van der Waals surface area contributed by atoms with Crippen molar-refractivity contribution in [3.05, 3.63) is 35.8 Å². The molecule has 20 heavy (non-hydrogen) atoms. The molecule has 106 valence electrons. The Morgan fingerprint density at radius 1 is 1.35 bits per heavy atom. The predicted molar refractivity (Wildman–Crippen MR) is 78.5 cm³/mol. The molecule has 2 rings (SSSR count). The average Bonchev–Trinajstić information content (AvgIpc) is 2.74. The molecule has 2 aromatic heterocycles. The summed E-state index contributed by atoms with van der Waals surface area (Å²) < 4.78 is 1.58. The first-order valence-corrected chi connectivity index (χ1v) is 6.35. The summed E-state index contributed by atoms with van der Waals surface area (Å²) in [5, 5.41) is 7.15. The number of hydrogen-bond acceptors (Lipinski definition) is 4. The number of hydrogen-bond donors (Lipinski definition) is 2. The highest BCUT2D eigenvalue weighted by Gasteiger charge is 2.21. The van der Waals surface area contributed by atoms with Gasteiger partial charge in [0.2, 0.25) is 0 Å². The maximum atomic E-state index is 12.2. The summed E-state index contributed by atoms with van der Waals surface area (Å²) in [6.07, 6.45) is 1.52. The van der Waals surface area contributed by atoms with Gasteiger partial charge in [0, 0.05) is 12.5 Å². The van der Waals surface area contributed by atoms with Crippen LogP contribution in [0.15, 0.2) is 24.4 Å². The van der Waals surface area contributed by atoms with E-state index < -0.39 is 0 Å². The number of nitrogens with two attached hydrogens (primary N) is 1. The maximum Gasteiger partial charge on any atom is 0.273 e. The number of nitrogen functional groups attached to an aromatic ring is 1. The van der Waals surface area contributed by atoms with Crippen LogP contribution in [0.4, 0.5) is 11.5 Å². The zero-order valence-electron chi connectivity index (χ0n) is 12.1. The molecule has 0 fully saturated rings. The summed E-state index contributed by atoms with van der Waals surface area (Å²) in [7, 11) is 1.76. The Morgan fingerprint density at radius 2 is 2.05 bits per heavy atom. The van der Waals surface area contributed by atoms with Crippen LogP contribution in [0.5, 0.6) is 0 Å². The molecule has 0 aliphatic carbocycles. The Morgan fingerprint density at radius 3 is 2.55 bits per heavy atom. The van der Waals surface area contributed by atoms with E-state index in [4.69, 9.17) is 5.73 Å². The van der Waals surface area contributed by atoms with E-state index in [-0.39, 0.29) is 11.3 Å². The Balaban J connectivity index is 2.21. The van der Waals surface area contributed by atoms with Crippen molar-refractivity contribution in [3.63, 3.8) is 0 Å². The van der Waals surface area contributed by atoms with Crippen LogP contribution in [0.2, 0.25) is 0 Å². The van der Waals surface area contributed by atoms with Gasteiger partial charge < -0.3 is 11.1 Å². The Labute approximate surface area is 118 Å². The van der Waals surface area contributed by atoms with Gasteiger partial charge in [-0.1, -0.05) is 20.8 Å². The van der Waals surface area contributed by atoms with Crippen LogP contribution in [-0.4, -0.2) is 20.7 Å². The normalized spacial score (nSPS) is 11.4. The number of pyridine rings is 1. The molecule has 0 aromatic carbocycles. The van der Waals surface area contributed by atoms with E-state index in [1.54, 1.807) is 29.9 Å². The van der Waals surface area contributed by atoms with Gasteiger partial charge in [-0.2, -0.15) is 5.10 Å². The summed E-state index contributed by atoms with van der Waals surface area (Å²) in [5.74, 6) is 0.195. The fraction of sp³-hybridized carbons (Fsp3) is 0.357. The standard InChI is InChI=1S/C14H19N5O/c1-14(2,3)11-7-10(19(4)18-11)13(20)17-9-5-6-12(15)16-8-9/h5-8H,1-4H3,(H2,15,16)(H,17,20). The van der Waals surface area contributed by atoms with Crippen molar-refractivity contribution >= 4 is 17.4 Å². The highest BCUT2D eigenvalue weighted by atomic mass is 16.2. The second-order valence-corrected chi connectivity index (χ2v) is 5.71. The molecule has 0 bridgehead atoms. The summed E-state index contributed by atoms with van der Waals surface area (Å²) in [6.45, 7) is 6.17. The van der Waals surface area contributed by atoms with E-state index in [0.29, 0.717) is 17.2 Å². The molecule has 0 unspecified atom stereocenters. The van der Waals surface area contributed by atoms with Crippen LogP contribution in [0.1, 0.15) is 37.0 Å². The van der Waals surface area contributed by atoms with Gasteiger partial charge in [-0.15, -0.1) is 0 Å². The van der Waals surface area contributed by atoms with Crippen LogP contribution in [0.3, 0.4) is 0 Å². The van der Waals surface area contributed by atoms with Crippen molar-refractivity contribution in [3.8, 4) is 0 Å². The van der Waals surface area contributed by atoms with Crippen molar-refractivity contribution in [2.75, 3.05) is 11.1 Å². The van der Waals surface area contributed by atoms with Gasteiger partial charge in [0.25, 0.3) is 5.91 Å². The van der Waals surface area contributed by atoms with E-state index in [2.05, 4.69) is 36.2 Å². The summed E-state index contributed by atoms with van der Waals surface area (Å²) in [6, 6.07) is 5.15. The van der Waals surface area contributed by atoms with E-state index in [9.17, 15) is 4.79 Å². The zero-order chi connectivity index (χ0) is 14.9. The first kappa shape index (κ1) is 14.0. The number of rotatable bonds is 2. The van der Waals surface area contributed by atoms with Crippen LogP contribution in [0.25, 0.3) is 0 Å². The number of carbonyl (C=O) groups is 1. The molecule has 0 aliphatic rings. The molecule has 0 aliphatic heterocycles. The second-order valence-electron chi connectivity index (χ2n) is 5.71. The van der Waals surface area contributed by atoms with Gasteiger partial charge in [-0.3, -0.25) is 9.48 Å². The largest absolute Gasteiger partial charge is 0.384 e. The van der Waals surface area contributed by atoms with Crippen LogP contribution in [0, 0.1) is 0 Å². The minimum atomic E-state index is -0.220. The number of aromatic nitrogens is 3. The maximum absolute atomic E-state index is 12.2. The number of nitrogens with one attached hydrogen (secondary N) is 1. The quantitative estimate of drug-likeness (QED) is 0.875. The molecule has 3 N–H and O–H groups in total. The molecule has 1 amide bonds. The minimum absolute atomic E-state index is 0.0982. The van der Waals surface area contributed by atoms with Gasteiger partial charge in [0.15, 0.2) is 0 Å². The van der Waals surface area contributed by atoms with Crippen molar-refractivity contribution in [2.45, 2.75) is 26.2 Å². The van der Waals surface area contributed by atoms with Crippen LogP contribution < -0.4 is 11.1 Å². The molecule has 0 saturated carbocycles. The van der Waals surface area contributed by atoms with Crippen molar-refractivity contribution < 1.29 is 4.79 Å². The molecule has 0 saturated heterocycles. The molecule has 0 spiro atoms. The summed E-state index contributed by atoms with van der Waals surface area (Å²) in [5.41, 5.74) is 7.39. The predicted octanol–water partition coefficient (Wildman–Crippen LogP) is 1.95. The summed E-state index contributed by atoms with van der Waals surface area (Å²) >= 11 is 0. The SMILES string of the molecule is Cn1nc(C(C)(C)C)cc1C(=O)Nc1ccc(N)nc1. The smallest absolute Gasteiger partial charge is 0.273 e. The lowest BCUT2D eigenvalue weighted by Gasteiger charge is -2.13. The zero-order valence-corrected chi connectivity index (χ0v) is 12.1. The molecular weight excluding hydrogens is 254 g/mol. The van der Waals surface area contributed by atoms with Gasteiger partial charge in [0.05, 0.1) is 17.6 Å². The number of amides is 1. The lowest BCUT2D eigenvalue weighted by Crippen LogP contribution is -2.16. The van der Waals surface area contributed by atoms with E-state index in [0.717, 1.165) is 5.69 Å². The molecule has 2 heterocycles. The van der Waals surface area contributed by atoms with Crippen LogP contribution in [-0.2, 0) is 12.5 Å². The highest BCUT2D eigenvalue weighted by Crippen LogP contribution is 2.21. The monoisotopic (exact) mass is 273 g/mol. The number of carbonyl (C=O) groups excluding carboxylic acids is 1. The van der Waals surface area contributed by atoms with Gasteiger partial charge in [-0.25, -0.2) is 4.98 Å². The first-order valence-electron chi connectivity index (χ1n) is 6.35. The minimum Gasteiger partial charge on any atom is -0.384 e. The van der Waals surface area contributed by atoms with E-state index in [1.807, 2.05) is 0 Å². The van der Waals surface area contributed by atoms with Gasteiger partial charge >= 0.3 is 0 Å². The second kappa shape index (κ2) is 4.96. The Kier molecular flexibility index (Phi) is 3.48. The number of nitrogens with zero attached hydrogens (tertiary/aromatic N) is 3. The van der Waals surface area contributed by atoms with Gasteiger partial charge in [0.1, 0.15) is 11.5 Å². The Hall–Kier alpha value is -2.37. The average molecular weight is 273 g/mol. The first-order chi connectivity index (χ1) is 9.27. The van der Waals surface area contributed by atoms with Crippen molar-refractivity contribution in [2.24, 2.45) is 7.05 Å². The summed E-state index contributed by atoms with van der Waals surface area (Å²) in [4.78, 5) is 16.2. The fourth-order valence-electron chi connectivity index (χ4n) is 1.72. The van der Waals surface area contributed by atoms with Gasteiger partial charge in [-0.05, 0) is 18.2 Å². The molecular formula is C14H19N5O. The van der Waals surface area contributed by atoms with Crippen molar-refractivity contribution in [1.29, 1.82) is 0 Å². The van der Waals surface area contributed by atoms with E-state index in [1.165, 1.54) is 6.20 Å². The third-order valence-electron chi connectivity index (χ3n) is 2.93. The van der Waals surface area contributed by atoms with Crippen molar-refractivity contribution in [1.82, 2.24) is 14.8 Å². The lowest BCUT2D eigenvalue weighted by atomic mass is 9.92. The Bertz CT molecular complexity index is 622. The topological polar surface area (TPSA) is 85.8 Å². The highest BCUT2D eigenvalue weighted by molar-refractivity contribution is 6.03. The molecule has 2 aromatic rings.